The lowest BCUT2D eigenvalue weighted by molar-refractivity contribution is 0.110. The fourth-order valence-electron chi connectivity index (χ4n) is 2.81. The van der Waals surface area contributed by atoms with Gasteiger partial charge in [0.15, 0.2) is 0 Å². The molecule has 100 valence electrons. The molecule has 0 saturated heterocycles. The van der Waals surface area contributed by atoms with Crippen LogP contribution in [0.15, 0.2) is 36.4 Å². The summed E-state index contributed by atoms with van der Waals surface area (Å²) in [5.41, 5.74) is 1.65. The molecule has 1 aliphatic carbocycles. The van der Waals surface area contributed by atoms with E-state index in [9.17, 15) is 5.11 Å². The van der Waals surface area contributed by atoms with Crippen molar-refractivity contribution in [2.24, 2.45) is 0 Å². The van der Waals surface area contributed by atoms with Gasteiger partial charge in [-0.05, 0) is 25.0 Å². The lowest BCUT2D eigenvalue weighted by Crippen LogP contribution is -2.34. The number of hydrogen-bond donors (Lipinski definition) is 2. The summed E-state index contributed by atoms with van der Waals surface area (Å²) in [4.78, 5) is 4.53. The molecule has 0 spiro atoms. The van der Waals surface area contributed by atoms with Crippen molar-refractivity contribution in [1.82, 2.24) is 10.3 Å². The predicted molar refractivity (Wildman–Crippen MR) is 76.7 cm³/mol. The maximum atomic E-state index is 10.3. The highest BCUT2D eigenvalue weighted by Gasteiger charge is 2.18. The van der Waals surface area contributed by atoms with E-state index in [1.807, 2.05) is 36.4 Å². The molecule has 3 nitrogen and oxygen atoms in total. The van der Waals surface area contributed by atoms with Crippen LogP contribution in [0.5, 0.6) is 0 Å². The number of aliphatic hydroxyl groups excluding tert-OH is 1. The Morgan fingerprint density at radius 1 is 1.05 bits per heavy atom. The summed E-state index contributed by atoms with van der Waals surface area (Å²) in [6.45, 7) is 0. The van der Waals surface area contributed by atoms with Crippen molar-refractivity contribution in [2.75, 3.05) is 0 Å². The quantitative estimate of drug-likeness (QED) is 0.829. The Bertz CT molecular complexity index is 549. The molecule has 1 unspecified atom stereocenters. The van der Waals surface area contributed by atoms with E-state index in [4.69, 9.17) is 0 Å². The molecule has 0 bridgehead atoms. The number of benzene rings is 1. The summed E-state index contributed by atoms with van der Waals surface area (Å²) >= 11 is 0. The summed E-state index contributed by atoms with van der Waals surface area (Å²) in [5.74, 6) is 0. The van der Waals surface area contributed by atoms with E-state index in [-0.39, 0.29) is 0 Å². The van der Waals surface area contributed by atoms with Crippen molar-refractivity contribution in [1.29, 1.82) is 0 Å². The molecule has 0 amide bonds. The van der Waals surface area contributed by atoms with Gasteiger partial charge in [0, 0.05) is 11.4 Å². The number of hydrogen-bond acceptors (Lipinski definition) is 3. The topological polar surface area (TPSA) is 45.1 Å². The number of rotatable bonds is 3. The molecule has 2 N–H and O–H groups in total. The highest BCUT2D eigenvalue weighted by Crippen LogP contribution is 2.21. The van der Waals surface area contributed by atoms with Gasteiger partial charge in [-0.2, -0.15) is 0 Å². The molecule has 1 fully saturated rings. The second kappa shape index (κ2) is 5.68. The molecule has 1 atom stereocenters. The van der Waals surface area contributed by atoms with E-state index in [1.54, 1.807) is 0 Å². The number of fused-ring (bicyclic) bond motifs is 1. The van der Waals surface area contributed by atoms with E-state index >= 15 is 0 Å². The number of pyridine rings is 1. The van der Waals surface area contributed by atoms with Gasteiger partial charge in [-0.25, -0.2) is 4.98 Å². The van der Waals surface area contributed by atoms with Crippen LogP contribution >= 0.6 is 0 Å². The normalized spacial score (nSPS) is 18.6. The van der Waals surface area contributed by atoms with Crippen molar-refractivity contribution in [2.45, 2.75) is 44.4 Å². The Balaban J connectivity index is 1.75. The largest absolute Gasteiger partial charge is 0.373 e. The predicted octanol–water partition coefficient (Wildman–Crippen LogP) is 3.15. The summed E-state index contributed by atoms with van der Waals surface area (Å²) in [6, 6.07) is 12.3. The van der Waals surface area contributed by atoms with Gasteiger partial charge >= 0.3 is 0 Å². The van der Waals surface area contributed by atoms with E-state index < -0.39 is 6.23 Å². The van der Waals surface area contributed by atoms with E-state index in [0.29, 0.717) is 11.7 Å². The first-order chi connectivity index (χ1) is 9.33. The zero-order chi connectivity index (χ0) is 13.1. The summed E-state index contributed by atoms with van der Waals surface area (Å²) < 4.78 is 0. The average Bonchev–Trinajstić information content (AvgIpc) is 2.48. The molecule has 1 aromatic carbocycles. The highest BCUT2D eigenvalue weighted by molar-refractivity contribution is 5.78. The molecule has 3 heteroatoms. The number of aliphatic hydroxyl groups is 1. The van der Waals surface area contributed by atoms with Crippen LogP contribution in [-0.4, -0.2) is 16.1 Å². The molecule has 19 heavy (non-hydrogen) atoms. The third-order valence-electron chi connectivity index (χ3n) is 3.90. The Morgan fingerprint density at radius 2 is 1.84 bits per heavy atom. The molecule has 1 heterocycles. The maximum Gasteiger partial charge on any atom is 0.148 e. The molecule has 1 aliphatic rings. The maximum absolute atomic E-state index is 10.3. The fraction of sp³-hybridized carbons (Fsp3) is 0.438. The first-order valence-electron chi connectivity index (χ1n) is 7.13. The molecular weight excluding hydrogens is 236 g/mol. The molecule has 2 aromatic rings. The summed E-state index contributed by atoms with van der Waals surface area (Å²) in [7, 11) is 0. The van der Waals surface area contributed by atoms with Crippen LogP contribution in [0, 0.1) is 0 Å². The van der Waals surface area contributed by atoms with Crippen molar-refractivity contribution in [3.63, 3.8) is 0 Å². The summed E-state index contributed by atoms with van der Waals surface area (Å²) in [6.07, 6.45) is 5.50. The minimum atomic E-state index is -0.660. The van der Waals surface area contributed by atoms with Gasteiger partial charge in [-0.3, -0.25) is 5.32 Å². The smallest absolute Gasteiger partial charge is 0.148 e. The second-order valence-electron chi connectivity index (χ2n) is 5.33. The number of aromatic nitrogens is 1. The van der Waals surface area contributed by atoms with Crippen LogP contribution < -0.4 is 5.32 Å². The van der Waals surface area contributed by atoms with Gasteiger partial charge in [0.1, 0.15) is 6.23 Å². The fourth-order valence-corrected chi connectivity index (χ4v) is 2.81. The van der Waals surface area contributed by atoms with Crippen molar-refractivity contribution >= 4 is 10.9 Å². The molecule has 1 saturated carbocycles. The van der Waals surface area contributed by atoms with Gasteiger partial charge < -0.3 is 5.11 Å². The van der Waals surface area contributed by atoms with Gasteiger partial charge in [-0.1, -0.05) is 43.5 Å². The van der Waals surface area contributed by atoms with Crippen molar-refractivity contribution in [3.8, 4) is 0 Å². The van der Waals surface area contributed by atoms with Crippen molar-refractivity contribution < 1.29 is 5.11 Å². The van der Waals surface area contributed by atoms with Gasteiger partial charge in [0.2, 0.25) is 0 Å². The minimum Gasteiger partial charge on any atom is -0.373 e. The standard InChI is InChI=1S/C16H20N2O/c19-16(17-13-7-2-1-3-8-13)15-11-10-12-6-4-5-9-14(12)18-15/h4-6,9-11,13,16-17,19H,1-3,7-8H2. The third-order valence-corrected chi connectivity index (χ3v) is 3.90. The Labute approximate surface area is 113 Å². The van der Waals surface area contributed by atoms with Crippen LogP contribution in [0.3, 0.4) is 0 Å². The average molecular weight is 256 g/mol. The van der Waals surface area contributed by atoms with Crippen LogP contribution in [-0.2, 0) is 0 Å². The van der Waals surface area contributed by atoms with E-state index in [2.05, 4.69) is 10.3 Å². The first kappa shape index (κ1) is 12.6. The van der Waals surface area contributed by atoms with E-state index in [0.717, 1.165) is 23.7 Å². The van der Waals surface area contributed by atoms with Gasteiger partial charge in [-0.15, -0.1) is 0 Å². The molecule has 3 rings (SSSR count). The molecule has 1 aromatic heterocycles. The van der Waals surface area contributed by atoms with Crippen LogP contribution in [0.4, 0.5) is 0 Å². The minimum absolute atomic E-state index is 0.428. The second-order valence-corrected chi connectivity index (χ2v) is 5.33. The SMILES string of the molecule is OC(NC1CCCCC1)c1ccc2ccccc2n1. The molecule has 0 radical (unpaired) electrons. The summed E-state index contributed by atoms with van der Waals surface area (Å²) in [5, 5.41) is 14.7. The van der Waals surface area contributed by atoms with Gasteiger partial charge in [0.25, 0.3) is 0 Å². The monoisotopic (exact) mass is 256 g/mol. The first-order valence-corrected chi connectivity index (χ1v) is 7.13. The number of nitrogens with one attached hydrogen (secondary N) is 1. The third kappa shape index (κ3) is 2.94. The zero-order valence-corrected chi connectivity index (χ0v) is 11.0. The lowest BCUT2D eigenvalue weighted by atomic mass is 9.95. The Morgan fingerprint density at radius 3 is 2.68 bits per heavy atom. The molecular formula is C16H20N2O. The van der Waals surface area contributed by atoms with Crippen LogP contribution in [0.1, 0.15) is 44.0 Å². The number of nitrogens with zero attached hydrogens (tertiary/aromatic N) is 1. The van der Waals surface area contributed by atoms with Crippen LogP contribution in [0.2, 0.25) is 0 Å². The molecule has 0 aliphatic heterocycles. The Hall–Kier alpha value is -1.45. The number of para-hydroxylation sites is 1. The van der Waals surface area contributed by atoms with Crippen LogP contribution in [0.25, 0.3) is 10.9 Å². The zero-order valence-electron chi connectivity index (χ0n) is 11.0. The Kier molecular flexibility index (Phi) is 3.76. The lowest BCUT2D eigenvalue weighted by Gasteiger charge is -2.25. The van der Waals surface area contributed by atoms with E-state index in [1.165, 1.54) is 19.3 Å². The highest BCUT2D eigenvalue weighted by atomic mass is 16.3. The van der Waals surface area contributed by atoms with Gasteiger partial charge in [0.05, 0.1) is 11.2 Å². The van der Waals surface area contributed by atoms with Crippen molar-refractivity contribution in [3.05, 3.63) is 42.1 Å².